The molecule has 0 fully saturated rings. The second kappa shape index (κ2) is 11.3. The van der Waals surface area contributed by atoms with E-state index in [0.717, 1.165) is 28.2 Å². The number of hydrogen-bond acceptors (Lipinski definition) is 1. The highest BCUT2D eigenvalue weighted by Crippen LogP contribution is 2.64. The Morgan fingerprint density at radius 2 is 0.855 bits per heavy atom. The van der Waals surface area contributed by atoms with Crippen molar-refractivity contribution in [3.8, 4) is 44.9 Å². The van der Waals surface area contributed by atoms with Crippen molar-refractivity contribution in [3.63, 3.8) is 0 Å². The predicted molar refractivity (Wildman–Crippen MR) is 224 cm³/mol. The minimum Gasteiger partial charge on any atom is -0.457 e. The maximum Gasteiger partial charge on any atom is 0.132 e. The van der Waals surface area contributed by atoms with Crippen LogP contribution in [0.25, 0.3) is 44.2 Å². The van der Waals surface area contributed by atoms with E-state index in [1.165, 1.54) is 72.0 Å². The molecule has 9 aromatic rings. The molecule has 0 bridgehead atoms. The summed E-state index contributed by atoms with van der Waals surface area (Å²) in [6, 6.07) is 76.1. The Balaban J connectivity index is 1.12. The first kappa shape index (κ1) is 30.5. The molecule has 1 heteroatoms. The highest BCUT2D eigenvalue weighted by Gasteiger charge is 2.52. The number of hydrogen-bond donors (Lipinski definition) is 0. The molecule has 1 heterocycles. The van der Waals surface area contributed by atoms with E-state index in [9.17, 15) is 0 Å². The molecule has 12 rings (SSSR count). The van der Waals surface area contributed by atoms with Crippen LogP contribution in [0, 0.1) is 0 Å². The lowest BCUT2D eigenvalue weighted by Gasteiger charge is -2.41. The summed E-state index contributed by atoms with van der Waals surface area (Å²) in [6.07, 6.45) is 0. The van der Waals surface area contributed by atoms with E-state index in [0.29, 0.717) is 0 Å². The van der Waals surface area contributed by atoms with Gasteiger partial charge in [-0.2, -0.15) is 0 Å². The number of rotatable bonds is 3. The molecule has 0 saturated heterocycles. The molecule has 0 aromatic heterocycles. The Kier molecular flexibility index (Phi) is 6.25. The zero-order valence-corrected chi connectivity index (χ0v) is 30.0. The fourth-order valence-corrected chi connectivity index (χ4v) is 10.5. The van der Waals surface area contributed by atoms with Gasteiger partial charge in [0.1, 0.15) is 11.5 Å². The van der Waals surface area contributed by atoms with Crippen molar-refractivity contribution < 1.29 is 4.74 Å². The Morgan fingerprint density at radius 1 is 0.309 bits per heavy atom. The molecule has 0 saturated carbocycles. The average molecular weight is 699 g/mol. The standard InChI is InChI=1S/C54H34O/c1-3-16-38(17-4-1)53(39-18-5-2-6-19-39)48-25-13-14-26-50(48)55-51-32-29-37(34-49(51)53)36-28-31-47-44(33-36)42-22-10-12-24-46(42)54(47)45-23-11-9-21-41(45)43-30-27-35-15-7-8-20-40(35)52(43)54/h1-34H. The molecule has 0 N–H and O–H groups in total. The highest BCUT2D eigenvalue weighted by molar-refractivity contribution is 6.04. The molecule has 9 aromatic carbocycles. The van der Waals surface area contributed by atoms with Crippen LogP contribution in [0.3, 0.4) is 0 Å². The maximum absolute atomic E-state index is 6.75. The molecule has 1 atom stereocenters. The fourth-order valence-electron chi connectivity index (χ4n) is 10.5. The Hall–Kier alpha value is -6.96. The molecule has 0 amide bonds. The van der Waals surface area contributed by atoms with E-state index in [4.69, 9.17) is 4.74 Å². The van der Waals surface area contributed by atoms with Crippen LogP contribution in [0.15, 0.2) is 206 Å². The summed E-state index contributed by atoms with van der Waals surface area (Å²) in [7, 11) is 0. The molecule has 2 aliphatic carbocycles. The smallest absolute Gasteiger partial charge is 0.132 e. The lowest BCUT2D eigenvalue weighted by atomic mass is 9.63. The maximum atomic E-state index is 6.75. The second-order valence-electron chi connectivity index (χ2n) is 15.1. The van der Waals surface area contributed by atoms with Crippen LogP contribution >= 0.6 is 0 Å². The summed E-state index contributed by atoms with van der Waals surface area (Å²) in [5, 5.41) is 2.59. The van der Waals surface area contributed by atoms with Gasteiger partial charge in [0.2, 0.25) is 0 Å². The number of benzene rings is 9. The molecule has 1 unspecified atom stereocenters. The van der Waals surface area contributed by atoms with E-state index in [1.54, 1.807) is 0 Å². The first-order valence-corrected chi connectivity index (χ1v) is 19.2. The van der Waals surface area contributed by atoms with Crippen molar-refractivity contribution in [1.82, 2.24) is 0 Å². The molecular formula is C54H34O. The van der Waals surface area contributed by atoms with Gasteiger partial charge in [-0.25, -0.2) is 0 Å². The van der Waals surface area contributed by atoms with Gasteiger partial charge in [-0.3, -0.25) is 0 Å². The van der Waals surface area contributed by atoms with Gasteiger partial charge in [-0.1, -0.05) is 182 Å². The molecule has 3 aliphatic rings. The third-order valence-electron chi connectivity index (χ3n) is 12.6. The minimum absolute atomic E-state index is 0.416. The van der Waals surface area contributed by atoms with Crippen molar-refractivity contribution in [3.05, 3.63) is 251 Å². The van der Waals surface area contributed by atoms with Gasteiger partial charge in [0.05, 0.1) is 10.8 Å². The quantitative estimate of drug-likeness (QED) is 0.178. The Morgan fingerprint density at radius 3 is 1.60 bits per heavy atom. The molecule has 256 valence electrons. The van der Waals surface area contributed by atoms with Crippen LogP contribution in [0.4, 0.5) is 0 Å². The van der Waals surface area contributed by atoms with Crippen molar-refractivity contribution >= 4 is 10.8 Å². The lowest BCUT2D eigenvalue weighted by Crippen LogP contribution is -2.34. The number of para-hydroxylation sites is 1. The zero-order chi connectivity index (χ0) is 36.1. The molecule has 55 heavy (non-hydrogen) atoms. The van der Waals surface area contributed by atoms with Crippen LogP contribution < -0.4 is 4.74 Å². The second-order valence-corrected chi connectivity index (χ2v) is 15.1. The van der Waals surface area contributed by atoms with Gasteiger partial charge < -0.3 is 4.74 Å². The van der Waals surface area contributed by atoms with Crippen LogP contribution in [0.1, 0.15) is 44.5 Å². The lowest BCUT2D eigenvalue weighted by molar-refractivity contribution is 0.434. The van der Waals surface area contributed by atoms with E-state index in [-0.39, 0.29) is 0 Å². The van der Waals surface area contributed by atoms with Gasteiger partial charge in [-0.15, -0.1) is 0 Å². The van der Waals surface area contributed by atoms with E-state index in [2.05, 4.69) is 206 Å². The number of fused-ring (bicyclic) bond motifs is 14. The van der Waals surface area contributed by atoms with Crippen molar-refractivity contribution in [2.45, 2.75) is 10.8 Å². The third-order valence-corrected chi connectivity index (χ3v) is 12.6. The third kappa shape index (κ3) is 3.92. The zero-order valence-electron chi connectivity index (χ0n) is 30.0. The largest absolute Gasteiger partial charge is 0.457 e. The van der Waals surface area contributed by atoms with Gasteiger partial charge in [0, 0.05) is 11.1 Å². The summed E-state index contributed by atoms with van der Waals surface area (Å²) in [6.45, 7) is 0. The van der Waals surface area contributed by atoms with Crippen LogP contribution in [-0.4, -0.2) is 0 Å². The summed E-state index contributed by atoms with van der Waals surface area (Å²) in [4.78, 5) is 0. The first-order valence-electron chi connectivity index (χ1n) is 19.2. The number of ether oxygens (including phenoxy) is 1. The predicted octanol–water partition coefficient (Wildman–Crippen LogP) is 13.3. The molecule has 1 spiro atoms. The van der Waals surface area contributed by atoms with Gasteiger partial charge in [0.25, 0.3) is 0 Å². The van der Waals surface area contributed by atoms with E-state index in [1.807, 2.05) is 0 Å². The topological polar surface area (TPSA) is 9.23 Å². The Labute approximate surface area is 320 Å². The molecule has 1 aliphatic heterocycles. The average Bonchev–Trinajstić information content (AvgIpc) is 3.73. The highest BCUT2D eigenvalue weighted by atomic mass is 16.5. The van der Waals surface area contributed by atoms with Gasteiger partial charge >= 0.3 is 0 Å². The minimum atomic E-state index is -0.575. The van der Waals surface area contributed by atoms with Crippen LogP contribution in [0.2, 0.25) is 0 Å². The monoisotopic (exact) mass is 698 g/mol. The van der Waals surface area contributed by atoms with Crippen molar-refractivity contribution in [1.29, 1.82) is 0 Å². The van der Waals surface area contributed by atoms with Crippen LogP contribution in [0.5, 0.6) is 11.5 Å². The van der Waals surface area contributed by atoms with Crippen molar-refractivity contribution in [2.75, 3.05) is 0 Å². The SMILES string of the molecule is c1ccc(C2(c3ccccc3)c3ccccc3Oc3ccc(-c4ccc5c(c4)-c4ccccc4C54c5ccccc5-c5ccc6ccccc6c54)cc32)cc1. The molecule has 1 nitrogen and oxygen atoms in total. The molecular weight excluding hydrogens is 665 g/mol. The summed E-state index contributed by atoms with van der Waals surface area (Å²) >= 11 is 0. The fraction of sp³-hybridized carbons (Fsp3) is 0.0370. The Bertz CT molecular complexity index is 2970. The summed E-state index contributed by atoms with van der Waals surface area (Å²) in [5.74, 6) is 1.77. The van der Waals surface area contributed by atoms with Gasteiger partial charge in [-0.05, 0) is 102 Å². The normalized spacial score (nSPS) is 16.4. The van der Waals surface area contributed by atoms with E-state index >= 15 is 0 Å². The van der Waals surface area contributed by atoms with E-state index < -0.39 is 10.8 Å². The van der Waals surface area contributed by atoms with Crippen LogP contribution in [-0.2, 0) is 10.8 Å². The summed E-state index contributed by atoms with van der Waals surface area (Å²) < 4.78 is 6.75. The summed E-state index contributed by atoms with van der Waals surface area (Å²) in [5.41, 5.74) is 16.8. The molecule has 0 radical (unpaired) electrons. The van der Waals surface area contributed by atoms with Gasteiger partial charge in [0.15, 0.2) is 0 Å². The van der Waals surface area contributed by atoms with Crippen molar-refractivity contribution in [2.24, 2.45) is 0 Å². The first-order chi connectivity index (χ1) is 27.3.